The molecule has 1 aromatic heterocycles. The third-order valence-corrected chi connectivity index (χ3v) is 5.17. The lowest BCUT2D eigenvalue weighted by Gasteiger charge is -2.09. The van der Waals surface area contributed by atoms with E-state index in [0.717, 1.165) is 5.39 Å². The summed E-state index contributed by atoms with van der Waals surface area (Å²) in [6, 6.07) is 15.1. The molecular weight excluding hydrogens is 338 g/mol. The van der Waals surface area contributed by atoms with Gasteiger partial charge in [0.2, 0.25) is 10.0 Å². The van der Waals surface area contributed by atoms with Crippen molar-refractivity contribution in [2.75, 3.05) is 11.9 Å². The summed E-state index contributed by atoms with van der Waals surface area (Å²) in [5.41, 5.74) is 1.50. The van der Waals surface area contributed by atoms with Gasteiger partial charge in [-0.1, -0.05) is 31.2 Å². The number of nitrogens with zero attached hydrogens (tertiary/aromatic N) is 1. The van der Waals surface area contributed by atoms with Gasteiger partial charge in [-0.3, -0.25) is 9.78 Å². The van der Waals surface area contributed by atoms with E-state index in [2.05, 4.69) is 15.0 Å². The molecule has 0 aliphatic carbocycles. The number of hydrogen-bond acceptors (Lipinski definition) is 4. The second-order valence-corrected chi connectivity index (χ2v) is 7.13. The molecule has 2 aromatic carbocycles. The van der Waals surface area contributed by atoms with E-state index in [4.69, 9.17) is 0 Å². The van der Waals surface area contributed by atoms with Crippen LogP contribution in [0.15, 0.2) is 65.7 Å². The van der Waals surface area contributed by atoms with E-state index in [-0.39, 0.29) is 17.0 Å². The molecule has 6 nitrogen and oxygen atoms in total. The van der Waals surface area contributed by atoms with Crippen molar-refractivity contribution in [2.24, 2.45) is 0 Å². The Kier molecular flexibility index (Phi) is 4.78. The normalized spacial score (nSPS) is 11.4. The van der Waals surface area contributed by atoms with Crippen molar-refractivity contribution >= 4 is 32.5 Å². The Morgan fingerprint density at radius 3 is 2.64 bits per heavy atom. The lowest BCUT2D eigenvalue weighted by atomic mass is 10.1. The van der Waals surface area contributed by atoms with Crippen LogP contribution >= 0.6 is 0 Å². The number of para-hydroxylation sites is 1. The molecule has 7 heteroatoms. The van der Waals surface area contributed by atoms with E-state index in [1.807, 2.05) is 24.3 Å². The van der Waals surface area contributed by atoms with Crippen LogP contribution in [0, 0.1) is 0 Å². The van der Waals surface area contributed by atoms with Crippen LogP contribution in [0.2, 0.25) is 0 Å². The number of anilines is 1. The fraction of sp³-hybridized carbons (Fsp3) is 0.111. The third-order valence-electron chi connectivity index (χ3n) is 3.62. The number of amides is 1. The Labute approximate surface area is 146 Å². The van der Waals surface area contributed by atoms with Gasteiger partial charge in [0.15, 0.2) is 0 Å². The summed E-state index contributed by atoms with van der Waals surface area (Å²) in [5, 5.41) is 3.70. The second-order valence-electron chi connectivity index (χ2n) is 5.36. The molecule has 1 amide bonds. The Balaban J connectivity index is 1.91. The van der Waals surface area contributed by atoms with Gasteiger partial charge in [-0.15, -0.1) is 0 Å². The summed E-state index contributed by atoms with van der Waals surface area (Å²) >= 11 is 0. The number of carbonyl (C=O) groups is 1. The molecule has 3 rings (SSSR count). The van der Waals surface area contributed by atoms with Crippen LogP contribution in [-0.4, -0.2) is 25.9 Å². The summed E-state index contributed by atoms with van der Waals surface area (Å²) < 4.78 is 26.6. The summed E-state index contributed by atoms with van der Waals surface area (Å²) in [4.78, 5) is 16.9. The Morgan fingerprint density at radius 1 is 1.08 bits per heavy atom. The molecule has 0 spiro atoms. The van der Waals surface area contributed by atoms with Gasteiger partial charge in [-0.2, -0.15) is 0 Å². The van der Waals surface area contributed by atoms with Crippen molar-refractivity contribution < 1.29 is 13.2 Å². The first-order valence-corrected chi connectivity index (χ1v) is 9.24. The molecule has 0 radical (unpaired) electrons. The molecule has 2 N–H and O–H groups in total. The molecular formula is C18H17N3O3S. The quantitative estimate of drug-likeness (QED) is 0.737. The van der Waals surface area contributed by atoms with Gasteiger partial charge in [-0.05, 0) is 30.3 Å². The van der Waals surface area contributed by atoms with Crippen LogP contribution in [0.4, 0.5) is 5.69 Å². The number of fused-ring (bicyclic) bond motifs is 1. The van der Waals surface area contributed by atoms with Gasteiger partial charge in [0, 0.05) is 23.7 Å². The monoisotopic (exact) mass is 355 g/mol. The maximum atomic E-state index is 12.5. The van der Waals surface area contributed by atoms with Crippen LogP contribution in [-0.2, 0) is 10.0 Å². The smallest absolute Gasteiger partial charge is 0.255 e. The molecule has 0 bridgehead atoms. The highest BCUT2D eigenvalue weighted by Gasteiger charge is 2.16. The number of sulfonamides is 1. The first-order valence-electron chi connectivity index (χ1n) is 7.76. The number of carbonyl (C=O) groups excluding carboxylic acids is 1. The largest absolute Gasteiger partial charge is 0.320 e. The molecule has 0 aliphatic heterocycles. The molecule has 0 atom stereocenters. The van der Waals surface area contributed by atoms with E-state index in [1.54, 1.807) is 31.3 Å². The molecule has 0 unspecified atom stereocenters. The van der Waals surface area contributed by atoms with Crippen LogP contribution in [0.1, 0.15) is 17.3 Å². The van der Waals surface area contributed by atoms with Crippen LogP contribution in [0.3, 0.4) is 0 Å². The minimum Gasteiger partial charge on any atom is -0.320 e. The lowest BCUT2D eigenvalue weighted by molar-refractivity contribution is 0.102. The van der Waals surface area contributed by atoms with E-state index >= 15 is 0 Å². The summed E-state index contributed by atoms with van der Waals surface area (Å²) in [6.45, 7) is 1.97. The van der Waals surface area contributed by atoms with Crippen molar-refractivity contribution in [3.8, 4) is 0 Å². The van der Waals surface area contributed by atoms with Crippen molar-refractivity contribution in [1.29, 1.82) is 0 Å². The van der Waals surface area contributed by atoms with Gasteiger partial charge in [0.05, 0.1) is 16.1 Å². The van der Waals surface area contributed by atoms with Crippen molar-refractivity contribution in [1.82, 2.24) is 9.71 Å². The van der Waals surface area contributed by atoms with Crippen molar-refractivity contribution in [3.05, 3.63) is 66.4 Å². The van der Waals surface area contributed by atoms with Gasteiger partial charge in [0.1, 0.15) is 0 Å². The van der Waals surface area contributed by atoms with Crippen LogP contribution in [0.25, 0.3) is 10.9 Å². The Morgan fingerprint density at radius 2 is 1.84 bits per heavy atom. The molecule has 0 saturated carbocycles. The SMILES string of the molecule is CCNS(=O)(=O)c1cccc(C(=O)Nc2cccc3cccnc23)c1. The number of rotatable bonds is 5. The fourth-order valence-corrected chi connectivity index (χ4v) is 3.56. The Hall–Kier alpha value is -2.77. The highest BCUT2D eigenvalue weighted by atomic mass is 32.2. The first kappa shape index (κ1) is 17.1. The summed E-state index contributed by atoms with van der Waals surface area (Å²) in [7, 11) is -3.62. The summed E-state index contributed by atoms with van der Waals surface area (Å²) in [5.74, 6) is -0.397. The number of nitrogens with one attached hydrogen (secondary N) is 2. The van der Waals surface area contributed by atoms with E-state index < -0.39 is 15.9 Å². The number of pyridine rings is 1. The maximum Gasteiger partial charge on any atom is 0.255 e. The number of hydrogen-bond donors (Lipinski definition) is 2. The number of aromatic nitrogens is 1. The molecule has 0 aliphatic rings. The average Bonchev–Trinajstić information content (AvgIpc) is 2.62. The maximum absolute atomic E-state index is 12.5. The van der Waals surface area contributed by atoms with Gasteiger partial charge in [-0.25, -0.2) is 13.1 Å². The third kappa shape index (κ3) is 3.67. The second kappa shape index (κ2) is 7.00. The molecule has 3 aromatic rings. The standard InChI is InChI=1S/C18H17N3O3S/c1-2-20-25(23,24)15-9-3-7-14(12-15)18(22)21-16-10-4-6-13-8-5-11-19-17(13)16/h3-12,20H,2H2,1H3,(H,21,22). The predicted octanol–water partition coefficient (Wildman–Crippen LogP) is 2.79. The minimum absolute atomic E-state index is 0.0537. The van der Waals surface area contributed by atoms with Gasteiger partial charge >= 0.3 is 0 Å². The van der Waals surface area contributed by atoms with E-state index in [9.17, 15) is 13.2 Å². The first-order chi connectivity index (χ1) is 12.0. The average molecular weight is 355 g/mol. The summed E-state index contributed by atoms with van der Waals surface area (Å²) in [6.07, 6.45) is 1.65. The molecule has 1 heterocycles. The molecule has 128 valence electrons. The zero-order chi connectivity index (χ0) is 17.9. The van der Waals surface area contributed by atoms with Crippen LogP contribution < -0.4 is 10.0 Å². The van der Waals surface area contributed by atoms with E-state index in [0.29, 0.717) is 11.2 Å². The van der Waals surface area contributed by atoms with Crippen LogP contribution in [0.5, 0.6) is 0 Å². The lowest BCUT2D eigenvalue weighted by Crippen LogP contribution is -2.23. The fourth-order valence-electron chi connectivity index (χ4n) is 2.48. The van der Waals surface area contributed by atoms with Crippen molar-refractivity contribution in [3.63, 3.8) is 0 Å². The highest BCUT2D eigenvalue weighted by Crippen LogP contribution is 2.21. The molecule has 25 heavy (non-hydrogen) atoms. The molecule has 0 saturated heterocycles. The van der Waals surface area contributed by atoms with Gasteiger partial charge in [0.25, 0.3) is 5.91 Å². The predicted molar refractivity (Wildman–Crippen MR) is 97.0 cm³/mol. The topological polar surface area (TPSA) is 88.2 Å². The van der Waals surface area contributed by atoms with E-state index in [1.165, 1.54) is 12.1 Å². The zero-order valence-electron chi connectivity index (χ0n) is 13.6. The molecule has 0 fully saturated rings. The Bertz CT molecular complexity index is 1030. The highest BCUT2D eigenvalue weighted by molar-refractivity contribution is 7.89. The van der Waals surface area contributed by atoms with Crippen molar-refractivity contribution in [2.45, 2.75) is 11.8 Å². The van der Waals surface area contributed by atoms with Gasteiger partial charge < -0.3 is 5.32 Å². The number of benzene rings is 2. The zero-order valence-corrected chi connectivity index (χ0v) is 14.4. The minimum atomic E-state index is -3.62.